The van der Waals surface area contributed by atoms with Crippen LogP contribution in [0.3, 0.4) is 0 Å². The van der Waals surface area contributed by atoms with E-state index in [4.69, 9.17) is 0 Å². The number of nitrogens with zero attached hydrogens (tertiary/aromatic N) is 5. The van der Waals surface area contributed by atoms with E-state index in [2.05, 4.69) is 82.9 Å². The first kappa shape index (κ1) is 24.3. The number of hydrogen-bond acceptors (Lipinski definition) is 6. The predicted molar refractivity (Wildman–Crippen MR) is 141 cm³/mol. The van der Waals surface area contributed by atoms with Crippen molar-refractivity contribution in [1.29, 1.82) is 0 Å². The van der Waals surface area contributed by atoms with Gasteiger partial charge >= 0.3 is 0 Å². The Morgan fingerprint density at radius 1 is 1.03 bits per heavy atom. The summed E-state index contributed by atoms with van der Waals surface area (Å²) in [4.78, 5) is 16.5. The summed E-state index contributed by atoms with van der Waals surface area (Å²) in [7, 11) is 0. The Bertz CT molecular complexity index is 1310. The summed E-state index contributed by atoms with van der Waals surface area (Å²) < 4.78 is 1.99. The van der Waals surface area contributed by atoms with Crippen molar-refractivity contribution >= 4 is 23.9 Å². The van der Waals surface area contributed by atoms with Crippen molar-refractivity contribution in [1.82, 2.24) is 25.2 Å². The molecule has 1 amide bonds. The van der Waals surface area contributed by atoms with Crippen molar-refractivity contribution in [2.24, 2.45) is 5.10 Å². The molecule has 0 bridgehead atoms. The zero-order valence-corrected chi connectivity index (χ0v) is 21.1. The van der Waals surface area contributed by atoms with E-state index in [1.807, 2.05) is 41.8 Å². The Morgan fingerprint density at radius 3 is 2.43 bits per heavy atom. The van der Waals surface area contributed by atoms with Crippen molar-refractivity contribution in [3.63, 3.8) is 0 Å². The molecule has 1 N–H and O–H groups in total. The van der Waals surface area contributed by atoms with Crippen molar-refractivity contribution in [3.05, 3.63) is 89.7 Å². The fraction of sp³-hybridized carbons (Fsp3) is 0.222. The van der Waals surface area contributed by atoms with E-state index in [0.717, 1.165) is 22.6 Å². The smallest absolute Gasteiger partial charge is 0.250 e. The third kappa shape index (κ3) is 6.22. The third-order valence-corrected chi connectivity index (χ3v) is 6.27. The van der Waals surface area contributed by atoms with Crippen LogP contribution in [-0.2, 0) is 10.2 Å². The molecule has 0 atom stereocenters. The van der Waals surface area contributed by atoms with Crippen LogP contribution in [0, 0.1) is 6.92 Å². The molecule has 0 radical (unpaired) electrons. The molecule has 2 aromatic heterocycles. The number of nitrogens with one attached hydrogen (secondary N) is 1. The lowest BCUT2D eigenvalue weighted by molar-refractivity contribution is -0.118. The molecule has 4 aromatic rings. The van der Waals surface area contributed by atoms with Gasteiger partial charge in [0.2, 0.25) is 0 Å². The lowest BCUT2D eigenvalue weighted by atomic mass is 9.87. The number of rotatable bonds is 7. The molecule has 7 nitrogen and oxygen atoms in total. The number of hydrazone groups is 1. The van der Waals surface area contributed by atoms with Crippen LogP contribution in [0.2, 0.25) is 0 Å². The van der Waals surface area contributed by atoms with Gasteiger partial charge in [-0.2, -0.15) is 5.10 Å². The molecule has 0 aliphatic rings. The molecule has 0 spiro atoms. The van der Waals surface area contributed by atoms with Crippen LogP contribution in [-0.4, -0.2) is 37.6 Å². The Morgan fingerprint density at radius 2 is 1.77 bits per heavy atom. The minimum atomic E-state index is -0.239. The zero-order chi connectivity index (χ0) is 24.8. The molecule has 0 unspecified atom stereocenters. The summed E-state index contributed by atoms with van der Waals surface area (Å²) in [6, 6.07) is 22.1. The first-order valence-electron chi connectivity index (χ1n) is 11.3. The molecule has 0 aliphatic carbocycles. The van der Waals surface area contributed by atoms with Gasteiger partial charge in [-0.3, -0.25) is 14.3 Å². The molecule has 35 heavy (non-hydrogen) atoms. The second-order valence-electron chi connectivity index (χ2n) is 9.14. The minimum absolute atomic E-state index is 0.0661. The van der Waals surface area contributed by atoms with E-state index in [9.17, 15) is 4.79 Å². The average molecular weight is 485 g/mol. The molecule has 0 fully saturated rings. The molecule has 0 saturated heterocycles. The van der Waals surface area contributed by atoms with E-state index in [-0.39, 0.29) is 17.1 Å². The van der Waals surface area contributed by atoms with Gasteiger partial charge in [-0.15, -0.1) is 10.2 Å². The molecule has 2 heterocycles. The zero-order valence-electron chi connectivity index (χ0n) is 20.3. The largest absolute Gasteiger partial charge is 0.272 e. The highest BCUT2D eigenvalue weighted by atomic mass is 32.2. The number of hydrogen-bond donors (Lipinski definition) is 1. The van der Waals surface area contributed by atoms with Gasteiger partial charge in [0, 0.05) is 17.4 Å². The van der Waals surface area contributed by atoms with E-state index in [1.165, 1.54) is 23.5 Å². The van der Waals surface area contributed by atoms with Crippen LogP contribution in [0.1, 0.15) is 37.6 Å². The fourth-order valence-electron chi connectivity index (χ4n) is 3.38. The summed E-state index contributed by atoms with van der Waals surface area (Å²) in [6.45, 7) is 8.62. The van der Waals surface area contributed by atoms with Crippen LogP contribution in [0.4, 0.5) is 0 Å². The van der Waals surface area contributed by atoms with Gasteiger partial charge in [-0.25, -0.2) is 5.43 Å². The first-order valence-corrected chi connectivity index (χ1v) is 12.3. The average Bonchev–Trinajstić information content (AvgIpc) is 3.27. The number of aromatic nitrogens is 4. The number of benzene rings is 2. The SMILES string of the molecule is Cc1ccc(-n2c(SCC(=O)N/N=C\c3ccccn3)nnc2-c2ccc(C(C)(C)C)cc2)cc1. The molecular weight excluding hydrogens is 456 g/mol. The van der Waals surface area contributed by atoms with E-state index in [0.29, 0.717) is 10.9 Å². The number of amides is 1. The van der Waals surface area contributed by atoms with Crippen molar-refractivity contribution in [3.8, 4) is 17.1 Å². The van der Waals surface area contributed by atoms with Gasteiger partial charge < -0.3 is 0 Å². The highest BCUT2D eigenvalue weighted by Gasteiger charge is 2.19. The predicted octanol–water partition coefficient (Wildman–Crippen LogP) is 5.18. The standard InChI is InChI=1S/C27H28N6OS/c1-19-8-14-23(15-9-19)33-25(20-10-12-21(13-11-20)27(2,3)4)31-32-26(33)35-18-24(34)30-29-17-22-7-5-6-16-28-22/h5-17H,18H2,1-4H3,(H,30,34)/b29-17-. The Hall–Kier alpha value is -3.78. The summed E-state index contributed by atoms with van der Waals surface area (Å²) in [5.41, 5.74) is 7.58. The van der Waals surface area contributed by atoms with Gasteiger partial charge in [-0.1, -0.05) is 80.6 Å². The highest BCUT2D eigenvalue weighted by molar-refractivity contribution is 7.99. The second kappa shape index (κ2) is 10.7. The number of aryl methyl sites for hydroxylation is 1. The van der Waals surface area contributed by atoms with Crippen LogP contribution >= 0.6 is 11.8 Å². The fourth-order valence-corrected chi connectivity index (χ4v) is 4.13. The van der Waals surface area contributed by atoms with Crippen molar-refractivity contribution in [2.75, 3.05) is 5.75 Å². The van der Waals surface area contributed by atoms with Crippen molar-refractivity contribution in [2.45, 2.75) is 38.3 Å². The van der Waals surface area contributed by atoms with E-state index >= 15 is 0 Å². The lowest BCUT2D eigenvalue weighted by Gasteiger charge is -2.19. The third-order valence-electron chi connectivity index (χ3n) is 5.34. The Kier molecular flexibility index (Phi) is 7.41. The maximum Gasteiger partial charge on any atom is 0.250 e. The van der Waals surface area contributed by atoms with E-state index < -0.39 is 0 Å². The number of carbonyl (C=O) groups excluding carboxylic acids is 1. The van der Waals surface area contributed by atoms with Crippen LogP contribution in [0.25, 0.3) is 17.1 Å². The quantitative estimate of drug-likeness (QED) is 0.222. The van der Waals surface area contributed by atoms with Crippen molar-refractivity contribution < 1.29 is 4.79 Å². The minimum Gasteiger partial charge on any atom is -0.272 e. The Labute approximate surface area is 209 Å². The topological polar surface area (TPSA) is 85.1 Å². The van der Waals surface area contributed by atoms with Gasteiger partial charge in [0.25, 0.3) is 5.91 Å². The molecular formula is C27H28N6OS. The number of pyridine rings is 1. The van der Waals surface area contributed by atoms with Gasteiger partial charge in [0.1, 0.15) is 0 Å². The van der Waals surface area contributed by atoms with E-state index in [1.54, 1.807) is 6.20 Å². The molecule has 178 valence electrons. The number of thioether (sulfide) groups is 1. The molecule has 2 aromatic carbocycles. The summed E-state index contributed by atoms with van der Waals surface area (Å²) in [5.74, 6) is 0.633. The monoisotopic (exact) mass is 484 g/mol. The summed E-state index contributed by atoms with van der Waals surface area (Å²) in [5, 5.41) is 13.5. The summed E-state index contributed by atoms with van der Waals surface area (Å²) >= 11 is 1.31. The molecule has 0 saturated carbocycles. The number of carbonyl (C=O) groups is 1. The maximum atomic E-state index is 12.4. The highest BCUT2D eigenvalue weighted by Crippen LogP contribution is 2.30. The second-order valence-corrected chi connectivity index (χ2v) is 10.1. The van der Waals surface area contributed by atoms with Crippen LogP contribution < -0.4 is 5.43 Å². The van der Waals surface area contributed by atoms with Gasteiger partial charge in [0.05, 0.1) is 17.7 Å². The molecule has 0 aliphatic heterocycles. The first-order chi connectivity index (χ1) is 16.8. The van der Waals surface area contributed by atoms with Gasteiger partial charge in [-0.05, 0) is 42.2 Å². The summed E-state index contributed by atoms with van der Waals surface area (Å²) in [6.07, 6.45) is 3.18. The van der Waals surface area contributed by atoms with Gasteiger partial charge in [0.15, 0.2) is 11.0 Å². The Balaban J connectivity index is 1.55. The normalized spacial score (nSPS) is 11.7. The van der Waals surface area contributed by atoms with Crippen LogP contribution in [0.5, 0.6) is 0 Å². The lowest BCUT2D eigenvalue weighted by Crippen LogP contribution is -2.20. The van der Waals surface area contributed by atoms with Crippen LogP contribution in [0.15, 0.2) is 83.2 Å². The maximum absolute atomic E-state index is 12.4. The molecule has 8 heteroatoms. The molecule has 4 rings (SSSR count).